The fraction of sp³-hybridized carbons (Fsp3) is 0.379. The fourth-order valence-corrected chi connectivity index (χ4v) is 5.64. The molecule has 1 fully saturated rings. The number of phenolic OH excluding ortho intramolecular Hbond substituents is 2. The molecule has 13 heteroatoms. The third kappa shape index (κ3) is 4.85. The van der Waals surface area contributed by atoms with Crippen LogP contribution in [0.4, 0.5) is 0 Å². The molecule has 218 valence electrons. The Morgan fingerprint density at radius 2 is 1.67 bits per heavy atom. The van der Waals surface area contributed by atoms with E-state index in [-0.39, 0.29) is 46.1 Å². The molecule has 13 nitrogen and oxygen atoms in total. The molecule has 0 spiro atoms. The number of phenols is 2. The number of piperazine rings is 1. The highest BCUT2D eigenvalue weighted by atomic mass is 16.3. The molecule has 2 aliphatic rings. The van der Waals surface area contributed by atoms with Crippen molar-refractivity contribution in [3.05, 3.63) is 80.7 Å². The van der Waals surface area contributed by atoms with E-state index in [9.17, 15) is 24.6 Å². The van der Waals surface area contributed by atoms with Crippen molar-refractivity contribution < 1.29 is 19.8 Å². The van der Waals surface area contributed by atoms with Crippen molar-refractivity contribution in [2.24, 2.45) is 7.05 Å². The summed E-state index contributed by atoms with van der Waals surface area (Å²) in [5.74, 6) is -0.789. The van der Waals surface area contributed by atoms with Gasteiger partial charge < -0.3 is 20.0 Å². The maximum atomic E-state index is 13.3. The van der Waals surface area contributed by atoms with Crippen molar-refractivity contribution in [1.82, 2.24) is 39.1 Å². The van der Waals surface area contributed by atoms with Crippen LogP contribution >= 0.6 is 0 Å². The Kier molecular flexibility index (Phi) is 6.89. The molecule has 4 aromatic rings. The topological polar surface area (TPSA) is 149 Å². The molecule has 0 bridgehead atoms. The quantitative estimate of drug-likeness (QED) is 0.363. The Labute approximate surface area is 241 Å². The molecule has 0 saturated carbocycles. The lowest BCUT2D eigenvalue weighted by atomic mass is 9.98. The zero-order chi connectivity index (χ0) is 29.7. The van der Waals surface area contributed by atoms with Crippen molar-refractivity contribution in [1.29, 1.82) is 0 Å². The zero-order valence-corrected chi connectivity index (χ0v) is 23.7. The second-order valence-electron chi connectivity index (χ2n) is 11.2. The van der Waals surface area contributed by atoms with Crippen LogP contribution in [0.25, 0.3) is 5.65 Å². The summed E-state index contributed by atoms with van der Waals surface area (Å²) in [7, 11) is 1.48. The molecular weight excluding hydrogens is 540 g/mol. The number of hydrogen-bond donors (Lipinski definition) is 2. The molecule has 2 amide bonds. The number of nitrogens with zero attached hydrogens (tertiary/aromatic N) is 8. The maximum absolute atomic E-state index is 13.3. The van der Waals surface area contributed by atoms with Crippen molar-refractivity contribution in [3.63, 3.8) is 0 Å². The normalized spacial score (nSPS) is 15.5. The van der Waals surface area contributed by atoms with Crippen molar-refractivity contribution >= 4 is 17.5 Å². The van der Waals surface area contributed by atoms with Crippen molar-refractivity contribution in [2.45, 2.75) is 39.4 Å². The number of hydrogen-bond acceptors (Lipinski definition) is 9. The standard InChI is InChI=1S/C29H32N8O5/c1-17(2)21-11-22(24(39)12-23(21)38)27(40)36-14-19-5-4-18(10-20(19)15-36)13-34-6-8-35(9-7-34)28(41)25-26-31-32-33(3)29(42)37(26)16-30-25/h4-5,10-12,16-17,38-39H,6-9,13-15H2,1-3H3. The van der Waals surface area contributed by atoms with E-state index in [1.807, 2.05) is 19.9 Å². The highest BCUT2D eigenvalue weighted by molar-refractivity contribution is 5.98. The number of aromatic hydroxyl groups is 2. The predicted molar refractivity (Wildman–Crippen MR) is 151 cm³/mol. The first-order valence-electron chi connectivity index (χ1n) is 13.8. The van der Waals surface area contributed by atoms with Crippen LogP contribution in [0.15, 0.2) is 41.5 Å². The van der Waals surface area contributed by atoms with Gasteiger partial charge in [0.2, 0.25) is 0 Å². The Hall–Kier alpha value is -4.78. The van der Waals surface area contributed by atoms with Gasteiger partial charge in [-0.15, -0.1) is 5.10 Å². The Balaban J connectivity index is 1.08. The van der Waals surface area contributed by atoms with Crippen LogP contribution in [-0.2, 0) is 26.7 Å². The van der Waals surface area contributed by atoms with Crippen LogP contribution in [0.2, 0.25) is 0 Å². The molecular formula is C29H32N8O5. The molecule has 0 atom stereocenters. The van der Waals surface area contributed by atoms with Gasteiger partial charge in [-0.05, 0) is 34.2 Å². The number of carbonyl (C=O) groups is 2. The summed E-state index contributed by atoms with van der Waals surface area (Å²) in [6.07, 6.45) is 1.30. The van der Waals surface area contributed by atoms with Gasteiger partial charge >= 0.3 is 5.69 Å². The van der Waals surface area contributed by atoms with Gasteiger partial charge in [0.05, 0.1) is 5.56 Å². The zero-order valence-electron chi connectivity index (χ0n) is 23.7. The SMILES string of the molecule is CC(C)c1cc(C(=O)N2Cc3ccc(CN4CCN(C(=O)c5ncn6c(=O)n(C)nnc56)CC4)cc3C2)c(O)cc1O. The number of fused-ring (bicyclic) bond motifs is 2. The highest BCUT2D eigenvalue weighted by Gasteiger charge is 2.29. The van der Waals surface area contributed by atoms with Gasteiger partial charge in [0.25, 0.3) is 11.8 Å². The van der Waals surface area contributed by atoms with E-state index in [1.54, 1.807) is 15.9 Å². The molecule has 0 radical (unpaired) electrons. The molecule has 6 rings (SSSR count). The second kappa shape index (κ2) is 10.6. The average Bonchev–Trinajstić information content (AvgIpc) is 3.59. The van der Waals surface area contributed by atoms with Crippen LogP contribution in [-0.4, -0.2) is 87.3 Å². The van der Waals surface area contributed by atoms with Crippen LogP contribution < -0.4 is 5.69 Å². The number of benzene rings is 2. The predicted octanol–water partition coefficient (Wildman–Crippen LogP) is 1.47. The number of aromatic nitrogens is 5. The van der Waals surface area contributed by atoms with E-state index >= 15 is 0 Å². The van der Waals surface area contributed by atoms with E-state index in [2.05, 4.69) is 32.3 Å². The third-order valence-electron chi connectivity index (χ3n) is 8.04. The Morgan fingerprint density at radius 1 is 0.929 bits per heavy atom. The molecule has 1 saturated heterocycles. The largest absolute Gasteiger partial charge is 0.508 e. The number of imidazole rings is 1. The average molecular weight is 573 g/mol. The summed E-state index contributed by atoms with van der Waals surface area (Å²) in [5, 5.41) is 28.3. The van der Waals surface area contributed by atoms with Crippen LogP contribution in [0.1, 0.15) is 62.9 Å². The lowest BCUT2D eigenvalue weighted by molar-refractivity contribution is 0.0624. The Morgan fingerprint density at radius 3 is 2.40 bits per heavy atom. The minimum atomic E-state index is -0.419. The summed E-state index contributed by atoms with van der Waals surface area (Å²) >= 11 is 0. The first kappa shape index (κ1) is 27.4. The number of carbonyl (C=O) groups excluding carboxylic acids is 2. The van der Waals surface area contributed by atoms with E-state index in [4.69, 9.17) is 0 Å². The molecule has 2 aliphatic heterocycles. The molecule has 4 heterocycles. The van der Waals surface area contributed by atoms with Crippen molar-refractivity contribution in [2.75, 3.05) is 26.2 Å². The van der Waals surface area contributed by atoms with Gasteiger partial charge in [0.1, 0.15) is 17.8 Å². The smallest absolute Gasteiger partial charge is 0.352 e. The lowest BCUT2D eigenvalue weighted by Crippen LogP contribution is -2.48. The third-order valence-corrected chi connectivity index (χ3v) is 8.04. The van der Waals surface area contributed by atoms with Crippen LogP contribution in [0.5, 0.6) is 11.5 Å². The van der Waals surface area contributed by atoms with E-state index in [1.165, 1.54) is 23.8 Å². The minimum Gasteiger partial charge on any atom is -0.508 e. The molecule has 2 N–H and O–H groups in total. The Bertz CT molecular complexity index is 1770. The lowest BCUT2D eigenvalue weighted by Gasteiger charge is -2.34. The monoisotopic (exact) mass is 572 g/mol. The van der Waals surface area contributed by atoms with Crippen LogP contribution in [0.3, 0.4) is 0 Å². The van der Waals surface area contributed by atoms with Crippen molar-refractivity contribution in [3.8, 4) is 11.5 Å². The minimum absolute atomic E-state index is 0.00556. The molecule has 2 aromatic carbocycles. The van der Waals surface area contributed by atoms with E-state index < -0.39 is 5.69 Å². The first-order chi connectivity index (χ1) is 20.1. The van der Waals surface area contributed by atoms with Crippen LogP contribution in [0, 0.1) is 0 Å². The van der Waals surface area contributed by atoms with E-state index in [0.29, 0.717) is 51.4 Å². The molecule has 2 aromatic heterocycles. The van der Waals surface area contributed by atoms with Gasteiger partial charge in [-0.25, -0.2) is 14.2 Å². The summed E-state index contributed by atoms with van der Waals surface area (Å²) < 4.78 is 2.30. The second-order valence-corrected chi connectivity index (χ2v) is 11.2. The molecule has 42 heavy (non-hydrogen) atoms. The number of aryl methyl sites for hydroxylation is 1. The van der Waals surface area contributed by atoms with Gasteiger partial charge in [-0.2, -0.15) is 4.68 Å². The molecule has 0 aliphatic carbocycles. The summed E-state index contributed by atoms with van der Waals surface area (Å²) in [5.41, 5.74) is 3.90. The summed E-state index contributed by atoms with van der Waals surface area (Å²) in [4.78, 5) is 48.5. The maximum Gasteiger partial charge on any atom is 0.352 e. The molecule has 0 unspecified atom stereocenters. The van der Waals surface area contributed by atoms with Gasteiger partial charge in [0.15, 0.2) is 11.3 Å². The van der Waals surface area contributed by atoms with Gasteiger partial charge in [-0.1, -0.05) is 37.3 Å². The fourth-order valence-electron chi connectivity index (χ4n) is 5.64. The summed E-state index contributed by atoms with van der Waals surface area (Å²) in [6, 6.07) is 9.05. The van der Waals surface area contributed by atoms with E-state index in [0.717, 1.165) is 21.4 Å². The van der Waals surface area contributed by atoms with Gasteiger partial charge in [-0.3, -0.25) is 14.5 Å². The number of amides is 2. The summed E-state index contributed by atoms with van der Waals surface area (Å²) in [6.45, 7) is 7.80. The highest BCUT2D eigenvalue weighted by Crippen LogP contribution is 2.34. The van der Waals surface area contributed by atoms with Gasteiger partial charge in [0, 0.05) is 58.9 Å². The number of rotatable bonds is 5. The first-order valence-corrected chi connectivity index (χ1v) is 13.8.